The summed E-state index contributed by atoms with van der Waals surface area (Å²) in [6.07, 6.45) is 6.52. The van der Waals surface area contributed by atoms with Crippen molar-refractivity contribution in [1.82, 2.24) is 5.32 Å². The Balaban J connectivity index is 1.68. The number of amides is 1. The average molecular weight is 321 g/mol. The molecule has 2 aliphatic rings. The van der Waals surface area contributed by atoms with E-state index in [-0.39, 0.29) is 28.9 Å². The van der Waals surface area contributed by atoms with E-state index in [1.54, 1.807) is 6.92 Å². The minimum Gasteiger partial charge on any atom is -0.478 e. The SMILES string of the molecule is CCc1oc(C(=O)NC2CCOC3(CCCC3)C2)cc1C(=O)O. The highest BCUT2D eigenvalue weighted by molar-refractivity contribution is 5.96. The van der Waals surface area contributed by atoms with Crippen LogP contribution in [0.3, 0.4) is 0 Å². The van der Waals surface area contributed by atoms with Crippen molar-refractivity contribution < 1.29 is 23.8 Å². The van der Waals surface area contributed by atoms with Gasteiger partial charge >= 0.3 is 5.97 Å². The molecule has 0 aromatic carbocycles. The van der Waals surface area contributed by atoms with Gasteiger partial charge in [-0.05, 0) is 25.7 Å². The van der Waals surface area contributed by atoms with Gasteiger partial charge in [-0.1, -0.05) is 19.8 Å². The molecule has 0 bridgehead atoms. The summed E-state index contributed by atoms with van der Waals surface area (Å²) in [5.41, 5.74) is -0.00272. The molecule has 1 spiro atoms. The van der Waals surface area contributed by atoms with Crippen LogP contribution in [0.15, 0.2) is 10.5 Å². The fraction of sp³-hybridized carbons (Fsp3) is 0.647. The van der Waals surface area contributed by atoms with E-state index in [0.29, 0.717) is 18.8 Å². The molecule has 1 aromatic rings. The Morgan fingerprint density at radius 3 is 2.74 bits per heavy atom. The number of furan rings is 1. The molecule has 1 saturated carbocycles. The average Bonchev–Trinajstić information content (AvgIpc) is 3.14. The van der Waals surface area contributed by atoms with E-state index < -0.39 is 5.97 Å². The molecule has 3 rings (SSSR count). The fourth-order valence-electron chi connectivity index (χ4n) is 3.76. The molecule has 6 heteroatoms. The molecule has 1 aromatic heterocycles. The third kappa shape index (κ3) is 3.27. The summed E-state index contributed by atoms with van der Waals surface area (Å²) >= 11 is 0. The molecule has 6 nitrogen and oxygen atoms in total. The van der Waals surface area contributed by atoms with Crippen LogP contribution < -0.4 is 5.32 Å². The van der Waals surface area contributed by atoms with E-state index >= 15 is 0 Å². The summed E-state index contributed by atoms with van der Waals surface area (Å²) in [4.78, 5) is 23.5. The van der Waals surface area contributed by atoms with Crippen molar-refractivity contribution in [2.75, 3.05) is 6.61 Å². The second kappa shape index (κ2) is 6.35. The smallest absolute Gasteiger partial charge is 0.339 e. The summed E-state index contributed by atoms with van der Waals surface area (Å²) in [5.74, 6) is -0.999. The molecule has 1 aliphatic carbocycles. The Labute approximate surface area is 135 Å². The molecule has 126 valence electrons. The lowest BCUT2D eigenvalue weighted by molar-refractivity contribution is -0.0823. The van der Waals surface area contributed by atoms with E-state index in [1.807, 2.05) is 0 Å². The number of carbonyl (C=O) groups is 2. The van der Waals surface area contributed by atoms with Gasteiger partial charge in [0.25, 0.3) is 5.91 Å². The highest BCUT2D eigenvalue weighted by Crippen LogP contribution is 2.40. The number of aryl methyl sites for hydroxylation is 1. The van der Waals surface area contributed by atoms with Crippen LogP contribution in [0.2, 0.25) is 0 Å². The monoisotopic (exact) mass is 321 g/mol. The highest BCUT2D eigenvalue weighted by Gasteiger charge is 2.40. The first-order chi connectivity index (χ1) is 11.0. The summed E-state index contributed by atoms with van der Waals surface area (Å²) in [7, 11) is 0. The Morgan fingerprint density at radius 1 is 1.39 bits per heavy atom. The molecule has 2 N–H and O–H groups in total. The van der Waals surface area contributed by atoms with Gasteiger partial charge in [0, 0.05) is 25.1 Å². The third-order valence-corrected chi connectivity index (χ3v) is 4.93. The first-order valence-electron chi connectivity index (χ1n) is 8.34. The van der Waals surface area contributed by atoms with Crippen molar-refractivity contribution in [1.29, 1.82) is 0 Å². The molecule has 2 fully saturated rings. The molecule has 0 radical (unpaired) electrons. The number of carboxylic acid groups (broad SMARTS) is 1. The topological polar surface area (TPSA) is 88.8 Å². The van der Waals surface area contributed by atoms with Crippen molar-refractivity contribution in [3.05, 3.63) is 23.2 Å². The number of nitrogens with one attached hydrogen (secondary N) is 1. The van der Waals surface area contributed by atoms with Crippen molar-refractivity contribution in [3.63, 3.8) is 0 Å². The standard InChI is InChI=1S/C17H23NO5/c1-2-13-12(16(20)21)9-14(23-13)15(19)18-11-5-8-22-17(10-11)6-3-4-7-17/h9,11H,2-8,10H2,1H3,(H,18,19)(H,20,21). The third-order valence-electron chi connectivity index (χ3n) is 4.93. The predicted molar refractivity (Wildman–Crippen MR) is 82.7 cm³/mol. The minimum absolute atomic E-state index is 0.0535. The summed E-state index contributed by atoms with van der Waals surface area (Å²) in [5, 5.41) is 12.1. The van der Waals surface area contributed by atoms with Gasteiger partial charge < -0.3 is 19.6 Å². The Hall–Kier alpha value is -1.82. The molecule has 1 amide bonds. The van der Waals surface area contributed by atoms with Crippen LogP contribution in [0.1, 0.15) is 72.1 Å². The van der Waals surface area contributed by atoms with Crippen LogP contribution in [-0.2, 0) is 11.2 Å². The quantitative estimate of drug-likeness (QED) is 0.890. The highest BCUT2D eigenvalue weighted by atomic mass is 16.5. The second-order valence-electron chi connectivity index (χ2n) is 6.51. The molecule has 23 heavy (non-hydrogen) atoms. The maximum absolute atomic E-state index is 12.4. The summed E-state index contributed by atoms with van der Waals surface area (Å²) in [6, 6.07) is 1.37. The maximum Gasteiger partial charge on any atom is 0.339 e. The number of carbonyl (C=O) groups excluding carboxylic acids is 1. The number of ether oxygens (including phenoxy) is 1. The molecular weight excluding hydrogens is 298 g/mol. The van der Waals surface area contributed by atoms with Crippen LogP contribution in [0, 0.1) is 0 Å². The molecule has 1 aliphatic heterocycles. The summed E-state index contributed by atoms with van der Waals surface area (Å²) in [6.45, 7) is 2.46. The Bertz CT molecular complexity index is 600. The van der Waals surface area contributed by atoms with E-state index in [0.717, 1.165) is 25.7 Å². The van der Waals surface area contributed by atoms with Gasteiger partial charge in [-0.3, -0.25) is 4.79 Å². The zero-order chi connectivity index (χ0) is 16.4. The van der Waals surface area contributed by atoms with Crippen molar-refractivity contribution in [2.45, 2.75) is 63.5 Å². The summed E-state index contributed by atoms with van der Waals surface area (Å²) < 4.78 is 11.4. The number of carboxylic acids is 1. The first kappa shape index (κ1) is 16.1. The van der Waals surface area contributed by atoms with Crippen LogP contribution in [0.5, 0.6) is 0 Å². The minimum atomic E-state index is -1.07. The zero-order valence-electron chi connectivity index (χ0n) is 13.4. The van der Waals surface area contributed by atoms with Gasteiger partial charge in [-0.25, -0.2) is 4.79 Å². The molecule has 1 saturated heterocycles. The molecule has 1 unspecified atom stereocenters. The lowest BCUT2D eigenvalue weighted by Gasteiger charge is -2.38. The van der Waals surface area contributed by atoms with Gasteiger partial charge in [-0.2, -0.15) is 0 Å². The van der Waals surface area contributed by atoms with E-state index in [9.17, 15) is 9.59 Å². The van der Waals surface area contributed by atoms with Crippen LogP contribution in [0.4, 0.5) is 0 Å². The first-order valence-corrected chi connectivity index (χ1v) is 8.34. The van der Waals surface area contributed by atoms with E-state index in [1.165, 1.54) is 18.9 Å². The molecule has 1 atom stereocenters. The van der Waals surface area contributed by atoms with Gasteiger partial charge in [-0.15, -0.1) is 0 Å². The maximum atomic E-state index is 12.4. The van der Waals surface area contributed by atoms with Crippen molar-refractivity contribution in [3.8, 4) is 0 Å². The molecular formula is C17H23NO5. The van der Waals surface area contributed by atoms with Gasteiger partial charge in [0.15, 0.2) is 5.76 Å². The van der Waals surface area contributed by atoms with E-state index in [4.69, 9.17) is 14.3 Å². The normalized spacial score (nSPS) is 23.1. The van der Waals surface area contributed by atoms with E-state index in [2.05, 4.69) is 5.32 Å². The number of hydrogen-bond acceptors (Lipinski definition) is 4. The van der Waals surface area contributed by atoms with Gasteiger partial charge in [0.1, 0.15) is 11.3 Å². The number of aromatic carboxylic acids is 1. The Morgan fingerprint density at radius 2 is 2.13 bits per heavy atom. The number of rotatable bonds is 4. The Kier molecular flexibility index (Phi) is 4.43. The van der Waals surface area contributed by atoms with Gasteiger partial charge in [0.2, 0.25) is 0 Å². The van der Waals surface area contributed by atoms with Crippen LogP contribution in [0.25, 0.3) is 0 Å². The second-order valence-corrected chi connectivity index (χ2v) is 6.51. The van der Waals surface area contributed by atoms with Crippen molar-refractivity contribution in [2.24, 2.45) is 0 Å². The van der Waals surface area contributed by atoms with Gasteiger partial charge in [0.05, 0.1) is 5.60 Å². The van der Waals surface area contributed by atoms with Crippen molar-refractivity contribution >= 4 is 11.9 Å². The lowest BCUT2D eigenvalue weighted by Crippen LogP contribution is -2.47. The largest absolute Gasteiger partial charge is 0.478 e. The number of hydrogen-bond donors (Lipinski definition) is 2. The van der Waals surface area contributed by atoms with Crippen LogP contribution in [-0.4, -0.2) is 35.2 Å². The lowest BCUT2D eigenvalue weighted by atomic mass is 9.89. The predicted octanol–water partition coefficient (Wildman–Crippen LogP) is 2.76. The molecule has 2 heterocycles. The zero-order valence-corrected chi connectivity index (χ0v) is 13.4. The fourth-order valence-corrected chi connectivity index (χ4v) is 3.76. The van der Waals surface area contributed by atoms with Crippen LogP contribution >= 0.6 is 0 Å².